The fourth-order valence-electron chi connectivity index (χ4n) is 2.72. The molecule has 0 bridgehead atoms. The molecule has 2 rings (SSSR count). The first kappa shape index (κ1) is 14.5. The van der Waals surface area contributed by atoms with Gasteiger partial charge in [0.25, 0.3) is 0 Å². The van der Waals surface area contributed by atoms with Crippen LogP contribution in [-0.2, 0) is 14.3 Å². The third kappa shape index (κ3) is 3.55. The van der Waals surface area contributed by atoms with Crippen LogP contribution in [-0.4, -0.2) is 63.4 Å². The van der Waals surface area contributed by atoms with Gasteiger partial charge in [-0.25, -0.2) is 0 Å². The zero-order chi connectivity index (χ0) is 13.7. The average molecular weight is 268 g/mol. The zero-order valence-electron chi connectivity index (χ0n) is 11.9. The van der Waals surface area contributed by atoms with E-state index in [0.29, 0.717) is 26.4 Å². The predicted molar refractivity (Wildman–Crippen MR) is 72.9 cm³/mol. The van der Waals surface area contributed by atoms with E-state index in [9.17, 15) is 4.79 Å². The summed E-state index contributed by atoms with van der Waals surface area (Å²) in [6.45, 7) is 6.28. The van der Waals surface area contributed by atoms with Crippen molar-refractivity contribution < 1.29 is 14.3 Å². The number of ether oxygens (including phenoxy) is 2. The maximum Gasteiger partial charge on any atom is 0.229 e. The van der Waals surface area contributed by atoms with Crippen LogP contribution in [0.15, 0.2) is 11.6 Å². The number of hydrogen-bond acceptors (Lipinski definition) is 4. The van der Waals surface area contributed by atoms with Crippen LogP contribution in [0.2, 0.25) is 0 Å². The average Bonchev–Trinajstić information content (AvgIpc) is 2.88. The van der Waals surface area contributed by atoms with E-state index in [0.717, 1.165) is 19.5 Å². The van der Waals surface area contributed by atoms with Crippen LogP contribution in [0, 0.1) is 5.92 Å². The molecule has 108 valence electrons. The lowest BCUT2D eigenvalue weighted by molar-refractivity contribution is -0.135. The van der Waals surface area contributed by atoms with Gasteiger partial charge in [-0.3, -0.25) is 4.79 Å². The van der Waals surface area contributed by atoms with Crippen LogP contribution < -0.4 is 5.32 Å². The van der Waals surface area contributed by atoms with Crippen molar-refractivity contribution in [2.45, 2.75) is 19.4 Å². The van der Waals surface area contributed by atoms with Crippen molar-refractivity contribution in [3.8, 4) is 0 Å². The summed E-state index contributed by atoms with van der Waals surface area (Å²) < 4.78 is 10.6. The Bertz CT molecular complexity index is 344. The summed E-state index contributed by atoms with van der Waals surface area (Å²) in [6.07, 6.45) is 3.03. The Hall–Kier alpha value is -0.910. The largest absolute Gasteiger partial charge is 0.380 e. The van der Waals surface area contributed by atoms with E-state index in [1.54, 1.807) is 7.11 Å². The number of carbonyl (C=O) groups is 1. The fraction of sp³-hybridized carbons (Fsp3) is 0.786. The van der Waals surface area contributed by atoms with Gasteiger partial charge in [-0.2, -0.15) is 0 Å². The number of nitrogens with zero attached hydrogens (tertiary/aromatic N) is 1. The van der Waals surface area contributed by atoms with Gasteiger partial charge in [0.1, 0.15) is 0 Å². The van der Waals surface area contributed by atoms with Gasteiger partial charge in [0, 0.05) is 26.2 Å². The van der Waals surface area contributed by atoms with E-state index in [1.165, 1.54) is 5.57 Å². The minimum absolute atomic E-state index is 0.0303. The first-order valence-electron chi connectivity index (χ1n) is 7.03. The van der Waals surface area contributed by atoms with E-state index in [2.05, 4.69) is 18.3 Å². The molecular weight excluding hydrogens is 244 g/mol. The smallest absolute Gasteiger partial charge is 0.229 e. The lowest BCUT2D eigenvalue weighted by Gasteiger charge is -2.30. The molecule has 1 fully saturated rings. The number of carbonyl (C=O) groups excluding carboxylic acids is 1. The number of nitrogens with one attached hydrogen (secondary N) is 1. The Morgan fingerprint density at radius 3 is 3.05 bits per heavy atom. The second-order valence-corrected chi connectivity index (χ2v) is 5.14. The summed E-state index contributed by atoms with van der Waals surface area (Å²) in [7, 11) is 1.70. The fourth-order valence-corrected chi connectivity index (χ4v) is 2.72. The molecule has 1 amide bonds. The standard InChI is InChI=1S/C14H24N2O3/c1-3-15-13-10-19-9-12(13)14(17)16-6-4-11(5-7-16)8-18-2/h4,12-13,15H,3,5-10H2,1-2H3. The maximum atomic E-state index is 12.5. The van der Waals surface area contributed by atoms with E-state index in [4.69, 9.17) is 9.47 Å². The summed E-state index contributed by atoms with van der Waals surface area (Å²) in [4.78, 5) is 14.4. The SMILES string of the molecule is CCNC1COCC1C(=O)N1CC=C(COC)CC1. The molecule has 5 heteroatoms. The molecule has 0 spiro atoms. The number of methoxy groups -OCH3 is 1. The molecule has 1 N–H and O–H groups in total. The second-order valence-electron chi connectivity index (χ2n) is 5.14. The molecule has 0 aliphatic carbocycles. The molecule has 1 saturated heterocycles. The molecule has 19 heavy (non-hydrogen) atoms. The predicted octanol–water partition coefficient (Wildman–Crippen LogP) is 0.416. The molecule has 5 nitrogen and oxygen atoms in total. The van der Waals surface area contributed by atoms with Crippen LogP contribution >= 0.6 is 0 Å². The van der Waals surface area contributed by atoms with Crippen molar-refractivity contribution in [1.82, 2.24) is 10.2 Å². The van der Waals surface area contributed by atoms with Gasteiger partial charge in [0.2, 0.25) is 5.91 Å². The van der Waals surface area contributed by atoms with Crippen molar-refractivity contribution in [2.75, 3.05) is 46.6 Å². The van der Waals surface area contributed by atoms with Crippen LogP contribution in [0.1, 0.15) is 13.3 Å². The van der Waals surface area contributed by atoms with Gasteiger partial charge in [0.05, 0.1) is 25.7 Å². The van der Waals surface area contributed by atoms with E-state index >= 15 is 0 Å². The third-order valence-electron chi connectivity index (χ3n) is 3.81. The first-order chi connectivity index (χ1) is 9.26. The van der Waals surface area contributed by atoms with Crippen LogP contribution in [0.5, 0.6) is 0 Å². The van der Waals surface area contributed by atoms with E-state index < -0.39 is 0 Å². The van der Waals surface area contributed by atoms with Gasteiger partial charge < -0.3 is 19.7 Å². The van der Waals surface area contributed by atoms with E-state index in [-0.39, 0.29) is 17.9 Å². The van der Waals surface area contributed by atoms with Gasteiger partial charge in [-0.05, 0) is 18.5 Å². The molecule has 2 unspecified atom stereocenters. The van der Waals surface area contributed by atoms with Crippen molar-refractivity contribution in [2.24, 2.45) is 5.92 Å². The molecule has 2 heterocycles. The summed E-state index contributed by atoms with van der Waals surface area (Å²) in [5.74, 6) is 0.188. The highest BCUT2D eigenvalue weighted by molar-refractivity contribution is 5.80. The summed E-state index contributed by atoms with van der Waals surface area (Å²) in [5.41, 5.74) is 1.29. The van der Waals surface area contributed by atoms with Gasteiger partial charge >= 0.3 is 0 Å². The van der Waals surface area contributed by atoms with Gasteiger partial charge in [-0.1, -0.05) is 13.0 Å². The number of rotatable bonds is 5. The molecule has 2 aliphatic rings. The highest BCUT2D eigenvalue weighted by Gasteiger charge is 2.36. The Balaban J connectivity index is 1.90. The molecule has 0 aromatic heterocycles. The lowest BCUT2D eigenvalue weighted by atomic mass is 10.00. The van der Waals surface area contributed by atoms with Gasteiger partial charge in [0.15, 0.2) is 0 Å². The third-order valence-corrected chi connectivity index (χ3v) is 3.81. The molecule has 0 radical (unpaired) electrons. The van der Waals surface area contributed by atoms with Gasteiger partial charge in [-0.15, -0.1) is 0 Å². The van der Waals surface area contributed by atoms with Crippen molar-refractivity contribution >= 4 is 5.91 Å². The Morgan fingerprint density at radius 2 is 2.42 bits per heavy atom. The Labute approximate surface area is 114 Å². The molecule has 0 aromatic carbocycles. The summed E-state index contributed by atoms with van der Waals surface area (Å²) >= 11 is 0. The number of hydrogen-bond donors (Lipinski definition) is 1. The number of likely N-dealkylation sites (N-methyl/N-ethyl adjacent to an activating group) is 1. The summed E-state index contributed by atoms with van der Waals surface area (Å²) in [6, 6.07) is 0.168. The molecule has 2 aliphatic heterocycles. The Morgan fingerprint density at radius 1 is 1.58 bits per heavy atom. The quantitative estimate of drug-likeness (QED) is 0.734. The normalized spacial score (nSPS) is 27.5. The Kier molecular flexibility index (Phi) is 5.36. The minimum atomic E-state index is -0.0303. The second kappa shape index (κ2) is 7.03. The first-order valence-corrected chi connectivity index (χ1v) is 7.03. The monoisotopic (exact) mass is 268 g/mol. The highest BCUT2D eigenvalue weighted by Crippen LogP contribution is 2.19. The highest BCUT2D eigenvalue weighted by atomic mass is 16.5. The lowest BCUT2D eigenvalue weighted by Crippen LogP contribution is -2.47. The van der Waals surface area contributed by atoms with Crippen molar-refractivity contribution in [3.05, 3.63) is 11.6 Å². The topological polar surface area (TPSA) is 50.8 Å². The van der Waals surface area contributed by atoms with Crippen LogP contribution in [0.3, 0.4) is 0 Å². The molecule has 2 atom stereocenters. The maximum absolute atomic E-state index is 12.5. The molecule has 0 aromatic rings. The zero-order valence-corrected chi connectivity index (χ0v) is 11.9. The van der Waals surface area contributed by atoms with Crippen LogP contribution in [0.4, 0.5) is 0 Å². The summed E-state index contributed by atoms with van der Waals surface area (Å²) in [5, 5.41) is 3.34. The van der Waals surface area contributed by atoms with Crippen LogP contribution in [0.25, 0.3) is 0 Å². The minimum Gasteiger partial charge on any atom is -0.380 e. The molecule has 0 saturated carbocycles. The molecular formula is C14H24N2O3. The van der Waals surface area contributed by atoms with Crippen molar-refractivity contribution in [3.63, 3.8) is 0 Å². The van der Waals surface area contributed by atoms with Crippen molar-refractivity contribution in [1.29, 1.82) is 0 Å². The van der Waals surface area contributed by atoms with E-state index in [1.807, 2.05) is 4.90 Å². The number of amides is 1.